The molecule has 0 unspecified atom stereocenters. The van der Waals surface area contributed by atoms with Crippen LogP contribution >= 0.6 is 0 Å². The van der Waals surface area contributed by atoms with Crippen molar-refractivity contribution in [3.63, 3.8) is 0 Å². The van der Waals surface area contributed by atoms with Crippen LogP contribution < -0.4 is 5.32 Å². The number of aryl methyl sites for hydroxylation is 1. The second-order valence-electron chi connectivity index (χ2n) is 6.67. The average molecular weight is 291 g/mol. The summed E-state index contributed by atoms with van der Waals surface area (Å²) in [6.45, 7) is 10.0. The first-order valence-electron chi connectivity index (χ1n) is 8.99. The lowest BCUT2D eigenvalue weighted by atomic mass is 9.95. The van der Waals surface area contributed by atoms with Crippen molar-refractivity contribution in [3.05, 3.63) is 17.0 Å². The quantitative estimate of drug-likeness (QED) is 0.821. The van der Waals surface area contributed by atoms with E-state index in [9.17, 15) is 0 Å². The van der Waals surface area contributed by atoms with Gasteiger partial charge in [-0.2, -0.15) is 5.10 Å². The van der Waals surface area contributed by atoms with Gasteiger partial charge in [0.25, 0.3) is 0 Å². The first-order chi connectivity index (χ1) is 10.2. The Morgan fingerprint density at radius 1 is 1.14 bits per heavy atom. The molecule has 1 heterocycles. The number of hydrogen-bond donors (Lipinski definition) is 1. The fourth-order valence-corrected chi connectivity index (χ4v) is 3.62. The zero-order chi connectivity index (χ0) is 15.2. The van der Waals surface area contributed by atoms with Gasteiger partial charge in [0, 0.05) is 11.7 Å². The molecule has 1 fully saturated rings. The summed E-state index contributed by atoms with van der Waals surface area (Å²) in [5.41, 5.74) is 4.37. The summed E-state index contributed by atoms with van der Waals surface area (Å²) in [4.78, 5) is 0. The average Bonchev–Trinajstić information content (AvgIpc) is 2.85. The Morgan fingerprint density at radius 2 is 1.86 bits per heavy atom. The molecule has 0 radical (unpaired) electrons. The minimum atomic E-state index is 0.563. The third-order valence-corrected chi connectivity index (χ3v) is 4.72. The molecule has 0 aliphatic heterocycles. The fourth-order valence-electron chi connectivity index (χ4n) is 3.62. The van der Waals surface area contributed by atoms with Gasteiger partial charge in [0.2, 0.25) is 0 Å². The van der Waals surface area contributed by atoms with Crippen LogP contribution in [0.25, 0.3) is 0 Å². The van der Waals surface area contributed by atoms with E-state index in [4.69, 9.17) is 5.10 Å². The number of rotatable bonds is 7. The highest BCUT2D eigenvalue weighted by atomic mass is 15.3. The second-order valence-corrected chi connectivity index (χ2v) is 6.67. The summed E-state index contributed by atoms with van der Waals surface area (Å²) in [5, 5.41) is 8.56. The molecule has 1 aromatic heterocycles. The summed E-state index contributed by atoms with van der Waals surface area (Å²) < 4.78 is 2.41. The molecule has 2 rings (SSSR count). The van der Waals surface area contributed by atoms with Crippen molar-refractivity contribution in [2.75, 3.05) is 6.54 Å². The van der Waals surface area contributed by atoms with Gasteiger partial charge in [-0.05, 0) is 44.2 Å². The third kappa shape index (κ3) is 4.09. The predicted molar refractivity (Wildman–Crippen MR) is 89.9 cm³/mol. The minimum absolute atomic E-state index is 0.563. The van der Waals surface area contributed by atoms with E-state index < -0.39 is 0 Å². The Hall–Kier alpha value is -0.830. The molecule has 0 aromatic carbocycles. The summed E-state index contributed by atoms with van der Waals surface area (Å²) in [7, 11) is 0. The van der Waals surface area contributed by atoms with Crippen molar-refractivity contribution >= 4 is 0 Å². The Bertz CT molecular complexity index is 428. The van der Waals surface area contributed by atoms with E-state index in [1.807, 2.05) is 0 Å². The van der Waals surface area contributed by atoms with Crippen LogP contribution in [0.5, 0.6) is 0 Å². The number of nitrogens with one attached hydrogen (secondary N) is 1. The van der Waals surface area contributed by atoms with Crippen molar-refractivity contribution in [3.8, 4) is 0 Å². The standard InChI is InChI=1S/C18H33N3/c1-5-17-16(12-13-19-14(3)4)18(6-2)21(20-17)15-10-8-7-9-11-15/h14-15,19H,5-13H2,1-4H3. The van der Waals surface area contributed by atoms with Crippen LogP contribution in [0.15, 0.2) is 0 Å². The van der Waals surface area contributed by atoms with Crippen LogP contribution in [-0.2, 0) is 19.3 Å². The smallest absolute Gasteiger partial charge is 0.0657 e. The second kappa shape index (κ2) is 7.98. The zero-order valence-electron chi connectivity index (χ0n) is 14.4. The van der Waals surface area contributed by atoms with Crippen molar-refractivity contribution in [2.24, 2.45) is 0 Å². The molecule has 0 atom stereocenters. The van der Waals surface area contributed by atoms with Gasteiger partial charge >= 0.3 is 0 Å². The van der Waals surface area contributed by atoms with Crippen molar-refractivity contribution in [1.29, 1.82) is 0 Å². The van der Waals surface area contributed by atoms with E-state index >= 15 is 0 Å². The molecule has 0 amide bonds. The number of hydrogen-bond acceptors (Lipinski definition) is 2. The number of nitrogens with zero attached hydrogens (tertiary/aromatic N) is 2. The highest BCUT2D eigenvalue weighted by molar-refractivity contribution is 5.28. The lowest BCUT2D eigenvalue weighted by Gasteiger charge is -2.24. The van der Waals surface area contributed by atoms with Crippen LogP contribution in [0.3, 0.4) is 0 Å². The van der Waals surface area contributed by atoms with E-state index in [0.717, 1.165) is 25.8 Å². The molecule has 1 saturated carbocycles. The summed E-state index contributed by atoms with van der Waals surface area (Å²) >= 11 is 0. The van der Waals surface area contributed by atoms with E-state index in [2.05, 4.69) is 37.7 Å². The third-order valence-electron chi connectivity index (χ3n) is 4.72. The van der Waals surface area contributed by atoms with Crippen LogP contribution in [0.4, 0.5) is 0 Å². The maximum atomic E-state index is 5.01. The highest BCUT2D eigenvalue weighted by Crippen LogP contribution is 2.31. The van der Waals surface area contributed by atoms with Gasteiger partial charge in [-0.25, -0.2) is 0 Å². The van der Waals surface area contributed by atoms with Gasteiger partial charge in [0.15, 0.2) is 0 Å². The summed E-state index contributed by atoms with van der Waals surface area (Å²) in [6.07, 6.45) is 10.1. The van der Waals surface area contributed by atoms with E-state index in [0.29, 0.717) is 12.1 Å². The van der Waals surface area contributed by atoms with E-state index in [1.165, 1.54) is 49.1 Å². The summed E-state index contributed by atoms with van der Waals surface area (Å²) in [5.74, 6) is 0. The molecule has 1 aliphatic rings. The maximum Gasteiger partial charge on any atom is 0.0657 e. The lowest BCUT2D eigenvalue weighted by Crippen LogP contribution is -2.25. The molecule has 0 bridgehead atoms. The SMILES string of the molecule is CCc1nn(C2CCCCC2)c(CC)c1CCNC(C)C. The van der Waals surface area contributed by atoms with Crippen molar-refractivity contribution in [1.82, 2.24) is 15.1 Å². The van der Waals surface area contributed by atoms with Crippen LogP contribution in [0, 0.1) is 0 Å². The summed E-state index contributed by atoms with van der Waals surface area (Å²) in [6, 6.07) is 1.22. The largest absolute Gasteiger partial charge is 0.314 e. The van der Waals surface area contributed by atoms with E-state index in [-0.39, 0.29) is 0 Å². The van der Waals surface area contributed by atoms with Crippen LogP contribution in [-0.4, -0.2) is 22.4 Å². The molecule has 1 aromatic rings. The van der Waals surface area contributed by atoms with Gasteiger partial charge < -0.3 is 5.32 Å². The minimum Gasteiger partial charge on any atom is -0.314 e. The predicted octanol–water partition coefficient (Wildman–Crippen LogP) is 4.05. The lowest BCUT2D eigenvalue weighted by molar-refractivity contribution is 0.321. The Kier molecular flexibility index (Phi) is 6.28. The van der Waals surface area contributed by atoms with Crippen molar-refractivity contribution in [2.45, 2.75) is 91.1 Å². The molecular weight excluding hydrogens is 258 g/mol. The van der Waals surface area contributed by atoms with Gasteiger partial charge in [0.05, 0.1) is 11.7 Å². The molecule has 0 saturated heterocycles. The van der Waals surface area contributed by atoms with Crippen LogP contribution in [0.1, 0.15) is 82.8 Å². The Morgan fingerprint density at radius 3 is 2.43 bits per heavy atom. The zero-order valence-corrected chi connectivity index (χ0v) is 14.4. The molecule has 1 aliphatic carbocycles. The van der Waals surface area contributed by atoms with E-state index in [1.54, 1.807) is 0 Å². The fraction of sp³-hybridized carbons (Fsp3) is 0.833. The first kappa shape index (κ1) is 16.5. The van der Waals surface area contributed by atoms with Crippen LogP contribution in [0.2, 0.25) is 0 Å². The Labute approximate surface area is 130 Å². The first-order valence-corrected chi connectivity index (χ1v) is 8.99. The van der Waals surface area contributed by atoms with Gasteiger partial charge in [-0.3, -0.25) is 4.68 Å². The molecule has 3 heteroatoms. The Balaban J connectivity index is 2.19. The molecule has 21 heavy (non-hydrogen) atoms. The van der Waals surface area contributed by atoms with Gasteiger partial charge in [0.1, 0.15) is 0 Å². The topological polar surface area (TPSA) is 29.9 Å². The molecule has 0 spiro atoms. The maximum absolute atomic E-state index is 5.01. The van der Waals surface area contributed by atoms with Gasteiger partial charge in [-0.1, -0.05) is 47.0 Å². The van der Waals surface area contributed by atoms with Crippen molar-refractivity contribution < 1.29 is 0 Å². The number of aromatic nitrogens is 2. The molecule has 120 valence electrons. The highest BCUT2D eigenvalue weighted by Gasteiger charge is 2.22. The molecular formula is C18H33N3. The normalized spacial score (nSPS) is 16.8. The molecule has 1 N–H and O–H groups in total. The monoisotopic (exact) mass is 291 g/mol. The molecule has 3 nitrogen and oxygen atoms in total. The van der Waals surface area contributed by atoms with Gasteiger partial charge in [-0.15, -0.1) is 0 Å².